The van der Waals surface area contributed by atoms with E-state index in [-0.39, 0.29) is 5.91 Å². The van der Waals surface area contributed by atoms with Crippen LogP contribution in [0, 0.1) is 12.8 Å². The zero-order chi connectivity index (χ0) is 15.7. The monoisotopic (exact) mass is 302 g/mol. The largest absolute Gasteiger partial charge is 0.497 e. The van der Waals surface area contributed by atoms with Crippen LogP contribution >= 0.6 is 0 Å². The molecule has 22 heavy (non-hydrogen) atoms. The molecule has 1 aromatic heterocycles. The number of rotatable bonds is 4. The number of carbonyl (C=O) groups excluding carboxylic acids is 1. The minimum Gasteiger partial charge on any atom is -0.497 e. The van der Waals surface area contributed by atoms with E-state index in [1.54, 1.807) is 7.11 Å². The molecule has 1 aliphatic heterocycles. The maximum absolute atomic E-state index is 12.6. The van der Waals surface area contributed by atoms with Crippen LogP contribution in [0.3, 0.4) is 0 Å². The van der Waals surface area contributed by atoms with Crippen LogP contribution in [0.15, 0.2) is 18.2 Å². The van der Waals surface area contributed by atoms with E-state index in [4.69, 9.17) is 9.47 Å². The van der Waals surface area contributed by atoms with Crippen molar-refractivity contribution >= 4 is 16.8 Å². The molecular weight excluding hydrogens is 280 g/mol. The van der Waals surface area contributed by atoms with Gasteiger partial charge >= 0.3 is 0 Å². The molecule has 1 amide bonds. The number of carbonyl (C=O) groups is 1. The average Bonchev–Trinajstić information content (AvgIpc) is 3.13. The number of benzene rings is 1. The van der Waals surface area contributed by atoms with Crippen LogP contribution in [-0.2, 0) is 11.8 Å². The highest BCUT2D eigenvalue weighted by Gasteiger charge is 2.21. The Morgan fingerprint density at radius 3 is 3.00 bits per heavy atom. The van der Waals surface area contributed by atoms with Gasteiger partial charge in [-0.15, -0.1) is 0 Å². The van der Waals surface area contributed by atoms with E-state index in [1.165, 1.54) is 0 Å². The predicted octanol–water partition coefficient (Wildman–Crippen LogP) is 2.26. The van der Waals surface area contributed by atoms with Crippen molar-refractivity contribution in [2.24, 2.45) is 13.0 Å². The Kier molecular flexibility index (Phi) is 4.07. The third kappa shape index (κ3) is 2.57. The maximum Gasteiger partial charge on any atom is 0.253 e. The normalized spacial score (nSPS) is 17.9. The zero-order valence-corrected chi connectivity index (χ0v) is 13.3. The van der Waals surface area contributed by atoms with Crippen molar-refractivity contribution in [1.29, 1.82) is 0 Å². The lowest BCUT2D eigenvalue weighted by Gasteiger charge is -2.10. The van der Waals surface area contributed by atoms with Crippen LogP contribution in [0.5, 0.6) is 5.75 Å². The summed E-state index contributed by atoms with van der Waals surface area (Å²) in [6, 6.07) is 5.83. The first-order valence-corrected chi connectivity index (χ1v) is 7.60. The van der Waals surface area contributed by atoms with Crippen LogP contribution in [0.25, 0.3) is 10.9 Å². The molecule has 0 spiro atoms. The fourth-order valence-corrected chi connectivity index (χ4v) is 3.03. The standard InChI is InChI=1S/C17H22N2O3/c1-11-16(17(20)18-9-12-6-7-22-10-12)14-8-13(21-3)4-5-15(14)19(11)2/h4-5,8,12H,6-7,9-10H2,1-3H3,(H,18,20). The third-order valence-electron chi connectivity index (χ3n) is 4.50. The first-order valence-electron chi connectivity index (χ1n) is 7.60. The molecule has 1 aliphatic rings. The minimum atomic E-state index is -0.0248. The Hall–Kier alpha value is -2.01. The summed E-state index contributed by atoms with van der Waals surface area (Å²) in [5.74, 6) is 1.16. The van der Waals surface area contributed by atoms with Gasteiger partial charge in [0.2, 0.25) is 0 Å². The van der Waals surface area contributed by atoms with Gasteiger partial charge < -0.3 is 19.4 Å². The highest BCUT2D eigenvalue weighted by atomic mass is 16.5. The van der Waals surface area contributed by atoms with E-state index in [2.05, 4.69) is 5.32 Å². The first kappa shape index (κ1) is 14.9. The summed E-state index contributed by atoms with van der Waals surface area (Å²) < 4.78 is 12.7. The second kappa shape index (κ2) is 6.01. The van der Waals surface area contributed by atoms with Crippen molar-refractivity contribution in [2.45, 2.75) is 13.3 Å². The third-order valence-corrected chi connectivity index (χ3v) is 4.50. The van der Waals surface area contributed by atoms with Gasteiger partial charge in [0.05, 0.1) is 19.3 Å². The van der Waals surface area contributed by atoms with Gasteiger partial charge in [0.25, 0.3) is 5.91 Å². The Bertz CT molecular complexity index is 699. The van der Waals surface area contributed by atoms with Crippen LogP contribution in [0.2, 0.25) is 0 Å². The molecule has 5 nitrogen and oxygen atoms in total. The Morgan fingerprint density at radius 2 is 2.32 bits per heavy atom. The summed E-state index contributed by atoms with van der Waals surface area (Å²) >= 11 is 0. The summed E-state index contributed by atoms with van der Waals surface area (Å²) in [4.78, 5) is 12.6. The molecule has 0 radical (unpaired) electrons. The van der Waals surface area contributed by atoms with E-state index >= 15 is 0 Å². The summed E-state index contributed by atoms with van der Waals surface area (Å²) in [7, 11) is 3.61. The lowest BCUT2D eigenvalue weighted by molar-refractivity contribution is 0.0946. The van der Waals surface area contributed by atoms with Crippen molar-refractivity contribution in [2.75, 3.05) is 26.9 Å². The van der Waals surface area contributed by atoms with E-state index in [1.807, 2.05) is 36.7 Å². The molecule has 0 bridgehead atoms. The van der Waals surface area contributed by atoms with Crippen LogP contribution in [-0.4, -0.2) is 37.3 Å². The molecule has 1 N–H and O–H groups in total. The smallest absolute Gasteiger partial charge is 0.253 e. The SMILES string of the molecule is COc1ccc2c(c1)c(C(=O)NCC1CCOC1)c(C)n2C. The number of aromatic nitrogens is 1. The van der Waals surface area contributed by atoms with Gasteiger partial charge in [-0.05, 0) is 31.5 Å². The Labute approximate surface area is 130 Å². The first-order chi connectivity index (χ1) is 10.6. The summed E-state index contributed by atoms with van der Waals surface area (Å²) in [6.07, 6.45) is 1.02. The predicted molar refractivity (Wildman–Crippen MR) is 85.5 cm³/mol. The van der Waals surface area contributed by atoms with Gasteiger partial charge in [-0.1, -0.05) is 0 Å². The zero-order valence-electron chi connectivity index (χ0n) is 13.3. The quantitative estimate of drug-likeness (QED) is 0.942. The molecule has 2 aromatic rings. The highest BCUT2D eigenvalue weighted by Crippen LogP contribution is 2.28. The number of nitrogens with zero attached hydrogens (tertiary/aromatic N) is 1. The molecule has 1 fully saturated rings. The topological polar surface area (TPSA) is 52.5 Å². The second-order valence-corrected chi connectivity index (χ2v) is 5.84. The number of methoxy groups -OCH3 is 1. The van der Waals surface area contributed by atoms with E-state index in [0.717, 1.165) is 47.5 Å². The molecule has 1 atom stereocenters. The summed E-state index contributed by atoms with van der Waals surface area (Å²) in [5, 5.41) is 3.98. The molecule has 0 aliphatic carbocycles. The van der Waals surface area contributed by atoms with Crippen molar-refractivity contribution in [3.05, 3.63) is 29.5 Å². The molecule has 1 aromatic carbocycles. The molecule has 3 rings (SSSR count). The van der Waals surface area contributed by atoms with Crippen molar-refractivity contribution in [1.82, 2.24) is 9.88 Å². The van der Waals surface area contributed by atoms with E-state index in [9.17, 15) is 4.79 Å². The molecule has 1 unspecified atom stereocenters. The fraction of sp³-hybridized carbons (Fsp3) is 0.471. The van der Waals surface area contributed by atoms with E-state index < -0.39 is 0 Å². The van der Waals surface area contributed by atoms with Gasteiger partial charge in [0.15, 0.2) is 0 Å². The number of aryl methyl sites for hydroxylation is 1. The molecule has 2 heterocycles. The fourth-order valence-electron chi connectivity index (χ4n) is 3.03. The van der Waals surface area contributed by atoms with Gasteiger partial charge in [0, 0.05) is 42.7 Å². The van der Waals surface area contributed by atoms with Crippen molar-refractivity contribution in [3.63, 3.8) is 0 Å². The highest BCUT2D eigenvalue weighted by molar-refractivity contribution is 6.08. The number of amides is 1. The van der Waals surface area contributed by atoms with Crippen LogP contribution in [0.1, 0.15) is 22.5 Å². The molecular formula is C17H22N2O3. The Balaban J connectivity index is 1.90. The molecule has 0 saturated carbocycles. The molecule has 118 valence electrons. The van der Waals surface area contributed by atoms with Gasteiger partial charge in [-0.3, -0.25) is 4.79 Å². The van der Waals surface area contributed by atoms with Gasteiger partial charge in [-0.25, -0.2) is 0 Å². The van der Waals surface area contributed by atoms with Crippen LogP contribution in [0.4, 0.5) is 0 Å². The van der Waals surface area contributed by atoms with Crippen molar-refractivity contribution < 1.29 is 14.3 Å². The number of fused-ring (bicyclic) bond motifs is 1. The summed E-state index contributed by atoms with van der Waals surface area (Å²) in [5.41, 5.74) is 2.73. The minimum absolute atomic E-state index is 0.0248. The number of hydrogen-bond donors (Lipinski definition) is 1. The molecule has 5 heteroatoms. The van der Waals surface area contributed by atoms with Gasteiger partial charge in [-0.2, -0.15) is 0 Å². The molecule has 1 saturated heterocycles. The number of hydrogen-bond acceptors (Lipinski definition) is 3. The lowest BCUT2D eigenvalue weighted by Crippen LogP contribution is -2.29. The lowest BCUT2D eigenvalue weighted by atomic mass is 10.1. The van der Waals surface area contributed by atoms with E-state index in [0.29, 0.717) is 12.5 Å². The van der Waals surface area contributed by atoms with Crippen molar-refractivity contribution in [3.8, 4) is 5.75 Å². The van der Waals surface area contributed by atoms with Gasteiger partial charge in [0.1, 0.15) is 5.75 Å². The second-order valence-electron chi connectivity index (χ2n) is 5.84. The number of nitrogens with one attached hydrogen (secondary N) is 1. The summed E-state index contributed by atoms with van der Waals surface area (Å²) in [6.45, 7) is 4.17. The Morgan fingerprint density at radius 1 is 1.50 bits per heavy atom. The average molecular weight is 302 g/mol. The maximum atomic E-state index is 12.6. The van der Waals surface area contributed by atoms with Crippen LogP contribution < -0.4 is 10.1 Å². The number of ether oxygens (including phenoxy) is 2.